The van der Waals surface area contributed by atoms with Gasteiger partial charge in [0.1, 0.15) is 0 Å². The summed E-state index contributed by atoms with van der Waals surface area (Å²) >= 11 is 5.68. The second-order valence-corrected chi connectivity index (χ2v) is 5.78. The van der Waals surface area contributed by atoms with E-state index in [-0.39, 0.29) is 11.5 Å². The molecular weight excluding hydrogens is 409 g/mol. The van der Waals surface area contributed by atoms with Gasteiger partial charge < -0.3 is 15.5 Å². The number of anilines is 1. The van der Waals surface area contributed by atoms with Gasteiger partial charge in [0, 0.05) is 25.8 Å². The molecule has 0 spiro atoms. The predicted molar refractivity (Wildman–Crippen MR) is 84.0 cm³/mol. The Balaban J connectivity index is 2.11. The predicted octanol–water partition coefficient (Wildman–Crippen LogP) is 4.08. The minimum atomic E-state index is -0.0975. The van der Waals surface area contributed by atoms with Gasteiger partial charge in [0.25, 0.3) is 0 Å². The number of halogens is 2. The second-order valence-electron chi connectivity index (χ2n) is 3.77. The largest absolute Gasteiger partial charge is 0.504 e. The Kier molecular flexibility index (Phi) is 4.34. The van der Waals surface area contributed by atoms with E-state index in [0.717, 1.165) is 13.7 Å². The Morgan fingerprint density at radius 2 is 1.94 bits per heavy atom. The molecule has 2 aromatic rings. The fourth-order valence-corrected chi connectivity index (χ4v) is 2.29. The smallest absolute Gasteiger partial charge is 0.162 e. The first-order chi connectivity index (χ1) is 8.58. The van der Waals surface area contributed by atoms with Crippen molar-refractivity contribution in [3.05, 3.63) is 50.0 Å². The van der Waals surface area contributed by atoms with Crippen LogP contribution < -0.4 is 5.32 Å². The monoisotopic (exact) mass is 419 g/mol. The minimum Gasteiger partial charge on any atom is -0.504 e. The summed E-state index contributed by atoms with van der Waals surface area (Å²) in [5.41, 5.74) is 1.62. The van der Waals surface area contributed by atoms with Gasteiger partial charge in [-0.15, -0.1) is 0 Å². The van der Waals surface area contributed by atoms with Crippen molar-refractivity contribution in [2.45, 2.75) is 6.54 Å². The third-order valence-corrected chi connectivity index (χ3v) is 4.83. The summed E-state index contributed by atoms with van der Waals surface area (Å²) in [4.78, 5) is 0. The lowest BCUT2D eigenvalue weighted by atomic mass is 10.2. The van der Waals surface area contributed by atoms with Gasteiger partial charge in [-0.2, -0.15) is 0 Å². The highest BCUT2D eigenvalue weighted by molar-refractivity contribution is 14.1. The molecule has 2 aromatic carbocycles. The van der Waals surface area contributed by atoms with E-state index >= 15 is 0 Å². The van der Waals surface area contributed by atoms with Gasteiger partial charge in [-0.3, -0.25) is 0 Å². The van der Waals surface area contributed by atoms with E-state index in [1.807, 2.05) is 18.2 Å². The van der Waals surface area contributed by atoms with Crippen LogP contribution in [-0.4, -0.2) is 10.2 Å². The van der Waals surface area contributed by atoms with Crippen LogP contribution in [0.15, 0.2) is 40.9 Å². The molecule has 0 unspecified atom stereocenters. The van der Waals surface area contributed by atoms with Gasteiger partial charge in [0.05, 0.1) is 0 Å². The number of hydrogen-bond acceptors (Lipinski definition) is 3. The van der Waals surface area contributed by atoms with Crippen LogP contribution in [0.4, 0.5) is 5.69 Å². The molecule has 3 nitrogen and oxygen atoms in total. The maximum Gasteiger partial charge on any atom is 0.162 e. The molecule has 0 aromatic heterocycles. The Hall–Kier alpha value is -0.950. The summed E-state index contributed by atoms with van der Waals surface area (Å²) in [5, 5.41) is 22.3. The lowest BCUT2D eigenvalue weighted by Crippen LogP contribution is -2.00. The number of aromatic hydroxyl groups is 2. The molecule has 0 aliphatic heterocycles. The lowest BCUT2D eigenvalue weighted by molar-refractivity contribution is 0.400. The van der Waals surface area contributed by atoms with Gasteiger partial charge >= 0.3 is 0 Å². The summed E-state index contributed by atoms with van der Waals surface area (Å²) in [6, 6.07) is 10.9. The molecule has 2 rings (SSSR count). The van der Waals surface area contributed by atoms with E-state index in [1.165, 1.54) is 6.07 Å². The number of para-hydroxylation sites is 1. The van der Waals surface area contributed by atoms with Crippen molar-refractivity contribution in [1.82, 2.24) is 0 Å². The van der Waals surface area contributed by atoms with Crippen molar-refractivity contribution >= 4 is 44.2 Å². The highest BCUT2D eigenvalue weighted by atomic mass is 127. The van der Waals surface area contributed by atoms with Crippen molar-refractivity contribution in [2.75, 3.05) is 5.32 Å². The summed E-state index contributed by atoms with van der Waals surface area (Å²) in [5.74, 6) is -0.170. The standard InChI is InChI=1S/C13H11BrINO2/c14-10-5-4-9(6-11(10)15)16-7-8-2-1-3-12(17)13(8)18/h1-6,16-18H,7H2. The Morgan fingerprint density at radius 1 is 1.17 bits per heavy atom. The molecule has 0 aliphatic carbocycles. The normalized spacial score (nSPS) is 10.3. The molecule has 0 aliphatic rings. The Labute approximate surface area is 127 Å². The summed E-state index contributed by atoms with van der Waals surface area (Å²) < 4.78 is 2.16. The van der Waals surface area contributed by atoms with Crippen LogP contribution in [0.2, 0.25) is 0 Å². The van der Waals surface area contributed by atoms with E-state index in [1.54, 1.807) is 12.1 Å². The Morgan fingerprint density at radius 3 is 2.67 bits per heavy atom. The zero-order valence-corrected chi connectivity index (χ0v) is 13.1. The highest BCUT2D eigenvalue weighted by Crippen LogP contribution is 2.29. The topological polar surface area (TPSA) is 52.5 Å². The van der Waals surface area contributed by atoms with E-state index in [4.69, 9.17) is 0 Å². The maximum atomic E-state index is 9.68. The molecule has 0 radical (unpaired) electrons. The maximum absolute atomic E-state index is 9.68. The molecule has 0 saturated carbocycles. The molecule has 3 N–H and O–H groups in total. The number of nitrogens with one attached hydrogen (secondary N) is 1. The van der Waals surface area contributed by atoms with Crippen LogP contribution >= 0.6 is 38.5 Å². The Bertz CT molecular complexity index is 575. The van der Waals surface area contributed by atoms with Crippen LogP contribution in [0, 0.1) is 3.57 Å². The third-order valence-electron chi connectivity index (χ3n) is 2.50. The van der Waals surface area contributed by atoms with Crippen LogP contribution in [0.3, 0.4) is 0 Å². The van der Waals surface area contributed by atoms with Gasteiger partial charge in [0.2, 0.25) is 0 Å². The van der Waals surface area contributed by atoms with E-state index in [2.05, 4.69) is 43.8 Å². The highest BCUT2D eigenvalue weighted by Gasteiger charge is 2.05. The number of hydrogen-bond donors (Lipinski definition) is 3. The fourth-order valence-electron chi connectivity index (χ4n) is 1.52. The van der Waals surface area contributed by atoms with Crippen LogP contribution in [0.25, 0.3) is 0 Å². The molecule has 0 saturated heterocycles. The van der Waals surface area contributed by atoms with Gasteiger partial charge in [0.15, 0.2) is 11.5 Å². The summed E-state index contributed by atoms with van der Waals surface area (Å²) in [6.45, 7) is 0.456. The van der Waals surface area contributed by atoms with Crippen molar-refractivity contribution in [3.63, 3.8) is 0 Å². The molecule has 94 valence electrons. The number of rotatable bonds is 3. The molecule has 0 amide bonds. The van der Waals surface area contributed by atoms with E-state index in [0.29, 0.717) is 12.1 Å². The van der Waals surface area contributed by atoms with Crippen molar-refractivity contribution in [2.24, 2.45) is 0 Å². The quantitative estimate of drug-likeness (QED) is 0.519. The minimum absolute atomic E-state index is 0.0724. The number of benzene rings is 2. The molecule has 0 heterocycles. The average Bonchev–Trinajstić information content (AvgIpc) is 2.35. The van der Waals surface area contributed by atoms with Crippen molar-refractivity contribution < 1.29 is 10.2 Å². The molecule has 0 fully saturated rings. The molecule has 0 bridgehead atoms. The van der Waals surface area contributed by atoms with Crippen LogP contribution in [0.1, 0.15) is 5.56 Å². The number of phenols is 2. The molecular formula is C13H11BrINO2. The second kappa shape index (κ2) is 5.79. The summed E-state index contributed by atoms with van der Waals surface area (Å²) in [7, 11) is 0. The average molecular weight is 420 g/mol. The van der Waals surface area contributed by atoms with Crippen molar-refractivity contribution in [1.29, 1.82) is 0 Å². The van der Waals surface area contributed by atoms with Crippen LogP contribution in [0.5, 0.6) is 11.5 Å². The van der Waals surface area contributed by atoms with Gasteiger partial charge in [-0.05, 0) is 62.8 Å². The van der Waals surface area contributed by atoms with Gasteiger partial charge in [-0.25, -0.2) is 0 Å². The molecule has 5 heteroatoms. The molecule has 18 heavy (non-hydrogen) atoms. The first kappa shape index (κ1) is 13.5. The zero-order chi connectivity index (χ0) is 13.1. The van der Waals surface area contributed by atoms with Crippen molar-refractivity contribution in [3.8, 4) is 11.5 Å². The van der Waals surface area contributed by atoms with Crippen LogP contribution in [-0.2, 0) is 6.54 Å². The first-order valence-electron chi connectivity index (χ1n) is 5.26. The van der Waals surface area contributed by atoms with E-state index < -0.39 is 0 Å². The lowest BCUT2D eigenvalue weighted by Gasteiger charge is -2.09. The van der Waals surface area contributed by atoms with E-state index in [9.17, 15) is 10.2 Å². The molecule has 0 atom stereocenters. The fraction of sp³-hybridized carbons (Fsp3) is 0.0769. The summed E-state index contributed by atoms with van der Waals surface area (Å²) in [6.07, 6.45) is 0. The number of phenolic OH excluding ortho intramolecular Hbond substituents is 2. The SMILES string of the molecule is Oc1cccc(CNc2ccc(Br)c(I)c2)c1O. The zero-order valence-electron chi connectivity index (χ0n) is 9.32. The van der Waals surface area contributed by atoms with Gasteiger partial charge in [-0.1, -0.05) is 12.1 Å². The first-order valence-corrected chi connectivity index (χ1v) is 7.14. The third kappa shape index (κ3) is 3.08.